The van der Waals surface area contributed by atoms with Crippen molar-refractivity contribution in [3.8, 4) is 0 Å². The SMILES string of the molecule is CC(C)[C@@H](C)CC[C@@H](C)[C@@H]1CC[C@H]2C3=CC[C@@H](CC(=O)O)[C@@](C)(CC(=O)O)[C@@H]3CC[C@@]21C. The minimum absolute atomic E-state index is 0.0691. The Morgan fingerprint density at radius 3 is 2.28 bits per heavy atom. The van der Waals surface area contributed by atoms with Crippen molar-refractivity contribution in [2.75, 3.05) is 0 Å². The van der Waals surface area contributed by atoms with Crippen LogP contribution in [-0.4, -0.2) is 22.2 Å². The summed E-state index contributed by atoms with van der Waals surface area (Å²) in [6.45, 7) is 14.1. The second kappa shape index (κ2) is 9.50. The molecule has 0 unspecified atom stereocenters. The quantitative estimate of drug-likeness (QED) is 0.372. The highest BCUT2D eigenvalue weighted by Crippen LogP contribution is 2.66. The van der Waals surface area contributed by atoms with Crippen LogP contribution in [0.5, 0.6) is 0 Å². The van der Waals surface area contributed by atoms with Crippen LogP contribution in [0.3, 0.4) is 0 Å². The Balaban J connectivity index is 1.82. The predicted octanol–water partition coefficient (Wildman–Crippen LogP) is 7.04. The van der Waals surface area contributed by atoms with Gasteiger partial charge in [-0.05, 0) is 84.4 Å². The van der Waals surface area contributed by atoms with Gasteiger partial charge in [0.25, 0.3) is 0 Å². The van der Waals surface area contributed by atoms with Crippen molar-refractivity contribution in [2.24, 2.45) is 52.3 Å². The van der Waals surface area contributed by atoms with Gasteiger partial charge in [0.2, 0.25) is 0 Å². The van der Waals surface area contributed by atoms with Crippen molar-refractivity contribution in [1.82, 2.24) is 0 Å². The second-order valence-corrected chi connectivity index (χ2v) is 12.4. The summed E-state index contributed by atoms with van der Waals surface area (Å²) in [6.07, 6.45) is 10.4. The largest absolute Gasteiger partial charge is 0.481 e. The van der Waals surface area contributed by atoms with Crippen LogP contribution in [0.4, 0.5) is 0 Å². The first-order valence-corrected chi connectivity index (χ1v) is 13.0. The van der Waals surface area contributed by atoms with E-state index in [0.29, 0.717) is 17.8 Å². The molecular weight excluding hydrogens is 400 g/mol. The Morgan fingerprint density at radius 1 is 1.00 bits per heavy atom. The highest BCUT2D eigenvalue weighted by Gasteiger charge is 2.58. The lowest BCUT2D eigenvalue weighted by Gasteiger charge is -2.55. The zero-order chi connectivity index (χ0) is 23.8. The Labute approximate surface area is 195 Å². The lowest BCUT2D eigenvalue weighted by atomic mass is 9.49. The molecule has 0 aromatic heterocycles. The number of fused-ring (bicyclic) bond motifs is 3. The molecule has 3 aliphatic carbocycles. The summed E-state index contributed by atoms with van der Waals surface area (Å²) in [5.74, 6) is 2.00. The summed E-state index contributed by atoms with van der Waals surface area (Å²) in [4.78, 5) is 23.4. The number of allylic oxidation sites excluding steroid dienone is 2. The summed E-state index contributed by atoms with van der Waals surface area (Å²) in [6, 6.07) is 0. The fraction of sp³-hybridized carbons (Fsp3) is 0.857. The van der Waals surface area contributed by atoms with Crippen molar-refractivity contribution in [3.63, 3.8) is 0 Å². The lowest BCUT2D eigenvalue weighted by molar-refractivity contribution is -0.146. The number of carbonyl (C=O) groups is 2. The maximum absolute atomic E-state index is 11.8. The third-order valence-corrected chi connectivity index (χ3v) is 10.4. The fourth-order valence-electron chi connectivity index (χ4n) is 7.98. The number of carboxylic acid groups (broad SMARTS) is 2. The van der Waals surface area contributed by atoms with Gasteiger partial charge >= 0.3 is 11.9 Å². The summed E-state index contributed by atoms with van der Waals surface area (Å²) >= 11 is 0. The fourth-order valence-corrected chi connectivity index (χ4v) is 7.98. The molecule has 0 aliphatic heterocycles. The van der Waals surface area contributed by atoms with E-state index >= 15 is 0 Å². The first-order valence-electron chi connectivity index (χ1n) is 13.0. The van der Waals surface area contributed by atoms with Crippen molar-refractivity contribution in [2.45, 2.75) is 99.3 Å². The number of carboxylic acids is 2. The average molecular weight is 447 g/mol. The molecule has 2 fully saturated rings. The summed E-state index contributed by atoms with van der Waals surface area (Å²) in [5.41, 5.74) is 1.31. The van der Waals surface area contributed by atoms with E-state index < -0.39 is 17.4 Å². The van der Waals surface area contributed by atoms with Crippen LogP contribution in [0.1, 0.15) is 99.3 Å². The van der Waals surface area contributed by atoms with E-state index in [1.165, 1.54) is 31.3 Å². The van der Waals surface area contributed by atoms with Crippen LogP contribution in [-0.2, 0) is 9.59 Å². The smallest absolute Gasteiger partial charge is 0.303 e. The third-order valence-electron chi connectivity index (χ3n) is 10.4. The molecule has 0 radical (unpaired) electrons. The highest BCUT2D eigenvalue weighted by atomic mass is 16.4. The number of hydrogen-bond donors (Lipinski definition) is 2. The molecule has 0 bridgehead atoms. The zero-order valence-corrected chi connectivity index (χ0v) is 21.2. The van der Waals surface area contributed by atoms with E-state index in [1.807, 2.05) is 0 Å². The molecule has 0 heterocycles. The molecule has 0 spiro atoms. The number of hydrogen-bond acceptors (Lipinski definition) is 2. The van der Waals surface area contributed by atoms with E-state index in [0.717, 1.165) is 36.5 Å². The van der Waals surface area contributed by atoms with Gasteiger partial charge in [-0.3, -0.25) is 9.59 Å². The molecule has 0 saturated heterocycles. The van der Waals surface area contributed by atoms with E-state index in [2.05, 4.69) is 47.6 Å². The molecule has 32 heavy (non-hydrogen) atoms. The summed E-state index contributed by atoms with van der Waals surface area (Å²) < 4.78 is 0. The number of aliphatic carboxylic acids is 2. The normalized spacial score (nSPS) is 38.5. The van der Waals surface area contributed by atoms with Gasteiger partial charge in [-0.25, -0.2) is 0 Å². The molecule has 0 amide bonds. The van der Waals surface area contributed by atoms with Gasteiger partial charge in [0.05, 0.1) is 6.42 Å². The molecule has 4 nitrogen and oxygen atoms in total. The maximum Gasteiger partial charge on any atom is 0.303 e. The molecule has 0 aromatic rings. The van der Waals surface area contributed by atoms with Gasteiger partial charge in [-0.1, -0.05) is 66.0 Å². The monoisotopic (exact) mass is 446 g/mol. The molecule has 2 N–H and O–H groups in total. The van der Waals surface area contributed by atoms with E-state index in [4.69, 9.17) is 0 Å². The molecule has 2 saturated carbocycles. The molecule has 3 aliphatic rings. The van der Waals surface area contributed by atoms with Crippen LogP contribution in [0.25, 0.3) is 0 Å². The standard InChI is InChI=1S/C28H46O4/c1-17(2)18(3)7-8-19(4)22-11-12-23-21-10-9-20(15-25(29)30)28(6,16-26(31)32)24(21)13-14-27(22,23)5/h10,17-20,22-24H,7-9,11-16H2,1-6H3,(H,29,30)(H,31,32)/t18-,19+,20-,22-,23-,24+,27+,28+/m0/s1. The molecule has 3 rings (SSSR count). The average Bonchev–Trinajstić information content (AvgIpc) is 3.04. The van der Waals surface area contributed by atoms with Crippen LogP contribution in [0.15, 0.2) is 11.6 Å². The summed E-state index contributed by atoms with van der Waals surface area (Å²) in [5, 5.41) is 19.2. The minimum Gasteiger partial charge on any atom is -0.481 e. The lowest BCUT2D eigenvalue weighted by Crippen LogP contribution is -2.48. The topological polar surface area (TPSA) is 74.6 Å². The number of rotatable bonds is 9. The van der Waals surface area contributed by atoms with Gasteiger partial charge in [0, 0.05) is 6.42 Å². The highest BCUT2D eigenvalue weighted by molar-refractivity contribution is 5.70. The molecule has 8 atom stereocenters. The van der Waals surface area contributed by atoms with Gasteiger partial charge in [0.15, 0.2) is 0 Å². The van der Waals surface area contributed by atoms with Crippen molar-refractivity contribution < 1.29 is 19.8 Å². The van der Waals surface area contributed by atoms with Crippen molar-refractivity contribution in [1.29, 1.82) is 0 Å². The van der Waals surface area contributed by atoms with Gasteiger partial charge in [0.1, 0.15) is 0 Å². The summed E-state index contributed by atoms with van der Waals surface area (Å²) in [7, 11) is 0. The van der Waals surface area contributed by atoms with Crippen LogP contribution < -0.4 is 0 Å². The van der Waals surface area contributed by atoms with E-state index in [9.17, 15) is 19.8 Å². The van der Waals surface area contributed by atoms with Crippen LogP contribution >= 0.6 is 0 Å². The van der Waals surface area contributed by atoms with Crippen LogP contribution in [0, 0.1) is 52.3 Å². The Hall–Kier alpha value is -1.32. The third kappa shape index (κ3) is 4.66. The van der Waals surface area contributed by atoms with Gasteiger partial charge in [-0.15, -0.1) is 0 Å². The Morgan fingerprint density at radius 2 is 1.69 bits per heavy atom. The second-order valence-electron chi connectivity index (χ2n) is 12.4. The van der Waals surface area contributed by atoms with Crippen LogP contribution in [0.2, 0.25) is 0 Å². The minimum atomic E-state index is -0.811. The van der Waals surface area contributed by atoms with Crippen molar-refractivity contribution >= 4 is 11.9 Å². The first-order chi connectivity index (χ1) is 14.9. The maximum atomic E-state index is 11.8. The van der Waals surface area contributed by atoms with E-state index in [-0.39, 0.29) is 24.7 Å². The molecular formula is C28H46O4. The van der Waals surface area contributed by atoms with Gasteiger partial charge in [-0.2, -0.15) is 0 Å². The van der Waals surface area contributed by atoms with Crippen molar-refractivity contribution in [3.05, 3.63) is 11.6 Å². The Bertz CT molecular complexity index is 740. The predicted molar refractivity (Wildman–Crippen MR) is 128 cm³/mol. The van der Waals surface area contributed by atoms with E-state index in [1.54, 1.807) is 0 Å². The molecule has 182 valence electrons. The zero-order valence-electron chi connectivity index (χ0n) is 21.2. The molecule has 0 aromatic carbocycles. The first kappa shape index (κ1) is 25.3. The molecule has 4 heteroatoms. The van der Waals surface area contributed by atoms with Gasteiger partial charge < -0.3 is 10.2 Å². The Kier molecular flexibility index (Phi) is 7.52.